The molecule has 0 atom stereocenters. The molecule has 0 bridgehead atoms. The van der Waals surface area contributed by atoms with Gasteiger partial charge in [0.25, 0.3) is 0 Å². The van der Waals surface area contributed by atoms with Gasteiger partial charge >= 0.3 is 7.60 Å². The van der Waals surface area contributed by atoms with Crippen molar-refractivity contribution in [1.29, 1.82) is 0 Å². The summed E-state index contributed by atoms with van der Waals surface area (Å²) >= 11 is 0. The van der Waals surface area contributed by atoms with Crippen LogP contribution in [-0.4, -0.2) is 26.2 Å². The number of hydrogen-bond acceptors (Lipinski definition) is 4. The lowest BCUT2D eigenvalue weighted by Crippen LogP contribution is -2.04. The molecule has 0 saturated heterocycles. The van der Waals surface area contributed by atoms with Crippen molar-refractivity contribution in [3.63, 3.8) is 0 Å². The van der Waals surface area contributed by atoms with E-state index in [0.29, 0.717) is 0 Å². The summed E-state index contributed by atoms with van der Waals surface area (Å²) in [4.78, 5) is 11.2. The molecule has 0 spiro atoms. The summed E-state index contributed by atoms with van der Waals surface area (Å²) in [6, 6.07) is 0. The van der Waals surface area contributed by atoms with Gasteiger partial charge in [-0.2, -0.15) is 0 Å². The van der Waals surface area contributed by atoms with Gasteiger partial charge in [0.1, 0.15) is 6.16 Å². The van der Waals surface area contributed by atoms with Gasteiger partial charge in [0.05, 0.1) is 0 Å². The molecule has 0 aromatic carbocycles. The summed E-state index contributed by atoms with van der Waals surface area (Å²) < 4.78 is 20.7. The van der Waals surface area contributed by atoms with E-state index in [1.807, 2.05) is 6.92 Å². The van der Waals surface area contributed by atoms with Crippen LogP contribution in [0.1, 0.15) is 6.92 Å². The zero-order chi connectivity index (χ0) is 11.0. The lowest BCUT2D eigenvalue weighted by Gasteiger charge is -2.10. The Morgan fingerprint density at radius 2 is 1.86 bits per heavy atom. The molecule has 80 valence electrons. The maximum absolute atomic E-state index is 11.5. The highest BCUT2D eigenvalue weighted by atomic mass is 31.2. The molecule has 0 saturated carbocycles. The Kier molecular flexibility index (Phi) is 6.37. The highest BCUT2D eigenvalue weighted by Gasteiger charge is 2.23. The molecular weight excluding hydrogens is 203 g/mol. The maximum atomic E-state index is 11.5. The van der Waals surface area contributed by atoms with Gasteiger partial charge < -0.3 is 9.05 Å². The Morgan fingerprint density at radius 1 is 1.29 bits per heavy atom. The van der Waals surface area contributed by atoms with Crippen LogP contribution in [0.25, 0.3) is 0 Å². The molecule has 5 heteroatoms. The molecule has 14 heavy (non-hydrogen) atoms. The largest absolute Gasteiger partial charge is 0.337 e. The van der Waals surface area contributed by atoms with Gasteiger partial charge in [-0.05, 0) is 13.0 Å². The predicted octanol–water partition coefficient (Wildman–Crippen LogP) is 2.17. The van der Waals surface area contributed by atoms with E-state index in [0.717, 1.165) is 0 Å². The van der Waals surface area contributed by atoms with Crippen LogP contribution in [0.15, 0.2) is 24.3 Å². The van der Waals surface area contributed by atoms with E-state index in [1.165, 1.54) is 20.3 Å². The number of allylic oxidation sites excluding steroid dienone is 4. The van der Waals surface area contributed by atoms with E-state index < -0.39 is 7.60 Å². The molecule has 0 amide bonds. The number of carbonyl (C=O) groups excluding carboxylic acids is 1. The van der Waals surface area contributed by atoms with Crippen LogP contribution in [-0.2, 0) is 18.4 Å². The summed E-state index contributed by atoms with van der Waals surface area (Å²) in [7, 11) is -0.696. The lowest BCUT2D eigenvalue weighted by atomic mass is 10.4. The molecule has 0 aliphatic carbocycles. The number of ketones is 1. The highest BCUT2D eigenvalue weighted by molar-refractivity contribution is 7.54. The summed E-state index contributed by atoms with van der Waals surface area (Å²) in [5, 5.41) is 0. The van der Waals surface area contributed by atoms with Crippen LogP contribution in [0, 0.1) is 0 Å². The smallest absolute Gasteiger partial charge is 0.312 e. The second-order valence-corrected chi connectivity index (χ2v) is 4.75. The van der Waals surface area contributed by atoms with Crippen molar-refractivity contribution in [2.45, 2.75) is 6.92 Å². The molecule has 0 unspecified atom stereocenters. The van der Waals surface area contributed by atoms with Gasteiger partial charge in [0.15, 0.2) is 5.78 Å². The molecule has 0 radical (unpaired) electrons. The van der Waals surface area contributed by atoms with E-state index >= 15 is 0 Å². The third-order valence-electron chi connectivity index (χ3n) is 1.49. The third-order valence-corrected chi connectivity index (χ3v) is 3.30. The summed E-state index contributed by atoms with van der Waals surface area (Å²) in [5.74, 6) is -0.282. The standard InChI is InChI=1S/C9H15O4P/c1-4-5-6-7-9(10)8-14(11,12-2)13-3/h4-7H,8H2,1-3H3. The normalized spacial score (nSPS) is 12.8. The Bertz CT molecular complexity index is 273. The van der Waals surface area contributed by atoms with Crippen molar-refractivity contribution in [3.8, 4) is 0 Å². The molecule has 4 nitrogen and oxygen atoms in total. The van der Waals surface area contributed by atoms with Crippen LogP contribution in [0.5, 0.6) is 0 Å². The van der Waals surface area contributed by atoms with Crippen LogP contribution < -0.4 is 0 Å². The molecule has 0 aromatic rings. The minimum atomic E-state index is -3.21. The zero-order valence-corrected chi connectivity index (χ0v) is 9.49. The molecule has 0 N–H and O–H groups in total. The van der Waals surface area contributed by atoms with Gasteiger partial charge in [-0.1, -0.05) is 18.2 Å². The summed E-state index contributed by atoms with van der Waals surface area (Å²) in [6.07, 6.45) is 6.19. The van der Waals surface area contributed by atoms with Crippen LogP contribution in [0.3, 0.4) is 0 Å². The fourth-order valence-corrected chi connectivity index (χ4v) is 1.62. The molecule has 0 aromatic heterocycles. The first-order chi connectivity index (χ1) is 6.58. The monoisotopic (exact) mass is 218 g/mol. The molecule has 0 aliphatic rings. The Labute approximate surface area is 84.1 Å². The Hall–Kier alpha value is -0.700. The summed E-state index contributed by atoms with van der Waals surface area (Å²) in [5.41, 5.74) is 0. The number of carbonyl (C=O) groups is 1. The molecule has 0 rings (SSSR count). The van der Waals surface area contributed by atoms with Gasteiger partial charge in [-0.15, -0.1) is 0 Å². The van der Waals surface area contributed by atoms with Gasteiger partial charge in [-0.3, -0.25) is 9.36 Å². The first-order valence-corrected chi connectivity index (χ1v) is 5.83. The second-order valence-electron chi connectivity index (χ2n) is 2.49. The van der Waals surface area contributed by atoms with E-state index in [4.69, 9.17) is 0 Å². The van der Waals surface area contributed by atoms with Crippen molar-refractivity contribution in [1.82, 2.24) is 0 Å². The number of rotatable bonds is 6. The molecule has 0 fully saturated rings. The van der Waals surface area contributed by atoms with Crippen LogP contribution in [0.4, 0.5) is 0 Å². The quantitative estimate of drug-likeness (QED) is 0.389. The van der Waals surface area contributed by atoms with Crippen LogP contribution >= 0.6 is 7.60 Å². The average molecular weight is 218 g/mol. The van der Waals surface area contributed by atoms with Crippen LogP contribution in [0.2, 0.25) is 0 Å². The maximum Gasteiger partial charge on any atom is 0.337 e. The van der Waals surface area contributed by atoms with E-state index in [2.05, 4.69) is 9.05 Å². The fourth-order valence-electron chi connectivity index (χ4n) is 0.721. The topological polar surface area (TPSA) is 52.6 Å². The molecular formula is C9H15O4P. The van der Waals surface area contributed by atoms with Gasteiger partial charge in [0.2, 0.25) is 0 Å². The van der Waals surface area contributed by atoms with Crippen molar-refractivity contribution >= 4 is 13.4 Å². The van der Waals surface area contributed by atoms with Crippen molar-refractivity contribution in [2.75, 3.05) is 20.4 Å². The first kappa shape index (κ1) is 13.3. The van der Waals surface area contributed by atoms with Gasteiger partial charge in [0, 0.05) is 14.2 Å². The first-order valence-electron chi connectivity index (χ1n) is 4.10. The molecule has 0 heterocycles. The van der Waals surface area contributed by atoms with Gasteiger partial charge in [-0.25, -0.2) is 0 Å². The Morgan fingerprint density at radius 3 is 2.29 bits per heavy atom. The summed E-state index contributed by atoms with van der Waals surface area (Å²) in [6.45, 7) is 1.84. The SMILES string of the molecule is CC=CC=CC(=O)CP(=O)(OC)OC. The molecule has 0 aliphatic heterocycles. The van der Waals surface area contributed by atoms with E-state index in [1.54, 1.807) is 18.2 Å². The third kappa shape index (κ3) is 5.12. The van der Waals surface area contributed by atoms with E-state index in [9.17, 15) is 9.36 Å². The van der Waals surface area contributed by atoms with Crippen molar-refractivity contribution < 1.29 is 18.4 Å². The second kappa shape index (κ2) is 6.71. The minimum absolute atomic E-state index is 0.228. The minimum Gasteiger partial charge on any atom is -0.312 e. The van der Waals surface area contributed by atoms with Crippen molar-refractivity contribution in [3.05, 3.63) is 24.3 Å². The fraction of sp³-hybridized carbons (Fsp3) is 0.444. The highest BCUT2D eigenvalue weighted by Crippen LogP contribution is 2.45. The predicted molar refractivity (Wildman–Crippen MR) is 55.5 cm³/mol. The Balaban J connectivity index is 4.24. The number of hydrogen-bond donors (Lipinski definition) is 0. The average Bonchev–Trinajstić information content (AvgIpc) is 2.18. The zero-order valence-electron chi connectivity index (χ0n) is 8.60. The van der Waals surface area contributed by atoms with E-state index in [-0.39, 0.29) is 11.9 Å². The van der Waals surface area contributed by atoms with Crippen molar-refractivity contribution in [2.24, 2.45) is 0 Å². The lowest BCUT2D eigenvalue weighted by molar-refractivity contribution is -0.112.